The molecule has 2 aromatic rings. The zero-order valence-corrected chi connectivity index (χ0v) is 13.5. The highest BCUT2D eigenvalue weighted by Crippen LogP contribution is 2.26. The Balaban J connectivity index is 2.11. The van der Waals surface area contributed by atoms with Crippen LogP contribution in [0.2, 0.25) is 0 Å². The smallest absolute Gasteiger partial charge is 0.344 e. The summed E-state index contributed by atoms with van der Waals surface area (Å²) in [6, 6.07) is 14.6. The van der Waals surface area contributed by atoms with E-state index in [0.29, 0.717) is 11.3 Å². The Morgan fingerprint density at radius 1 is 1.09 bits per heavy atom. The highest BCUT2D eigenvalue weighted by Gasteiger charge is 2.16. The number of hydrogen-bond acceptors (Lipinski definition) is 4. The molecular weight excluding hydrogens is 292 g/mol. The second-order valence-electron chi connectivity index (χ2n) is 6.11. The molecule has 23 heavy (non-hydrogen) atoms. The molecule has 120 valence electrons. The van der Waals surface area contributed by atoms with E-state index in [1.54, 1.807) is 18.2 Å². The molecule has 2 rings (SSSR count). The Bertz CT molecular complexity index is 699. The van der Waals surface area contributed by atoms with E-state index in [0.717, 1.165) is 17.4 Å². The zero-order chi connectivity index (χ0) is 16.9. The predicted molar refractivity (Wildman–Crippen MR) is 88.6 cm³/mol. The first kappa shape index (κ1) is 16.7. The van der Waals surface area contributed by atoms with Crippen molar-refractivity contribution < 1.29 is 19.1 Å². The minimum Gasteiger partial charge on any atom is -0.482 e. The molecule has 0 aromatic heterocycles. The van der Waals surface area contributed by atoms with Gasteiger partial charge in [-0.15, -0.1) is 0 Å². The topological polar surface area (TPSA) is 52.6 Å². The molecule has 0 aliphatic heterocycles. The molecule has 2 aromatic carbocycles. The van der Waals surface area contributed by atoms with Gasteiger partial charge in [-0.05, 0) is 44.0 Å². The van der Waals surface area contributed by atoms with Gasteiger partial charge in [0.05, 0.1) is 0 Å². The molecule has 0 aliphatic rings. The average molecular weight is 312 g/mol. The second kappa shape index (κ2) is 7.09. The Labute approximate surface area is 136 Å². The average Bonchev–Trinajstić information content (AvgIpc) is 2.51. The van der Waals surface area contributed by atoms with Gasteiger partial charge < -0.3 is 9.47 Å². The lowest BCUT2D eigenvalue weighted by molar-refractivity contribution is -0.157. The molecule has 0 bridgehead atoms. The number of carbonyl (C=O) groups excluding carboxylic acids is 2. The third-order valence-corrected chi connectivity index (χ3v) is 3.01. The molecule has 0 heterocycles. The van der Waals surface area contributed by atoms with Crippen LogP contribution in [0.15, 0.2) is 48.5 Å². The van der Waals surface area contributed by atoms with Crippen LogP contribution in [-0.2, 0) is 9.53 Å². The molecule has 0 aliphatic carbocycles. The third-order valence-electron chi connectivity index (χ3n) is 3.01. The Kier molecular flexibility index (Phi) is 5.16. The summed E-state index contributed by atoms with van der Waals surface area (Å²) < 4.78 is 10.7. The summed E-state index contributed by atoms with van der Waals surface area (Å²) in [7, 11) is 0. The summed E-state index contributed by atoms with van der Waals surface area (Å²) in [5.74, 6) is 0.130. The molecule has 0 amide bonds. The fourth-order valence-corrected chi connectivity index (χ4v) is 2.13. The number of esters is 1. The van der Waals surface area contributed by atoms with Crippen LogP contribution in [0.5, 0.6) is 5.75 Å². The molecule has 0 saturated carbocycles. The van der Waals surface area contributed by atoms with Crippen LogP contribution in [0.4, 0.5) is 0 Å². The number of aldehydes is 1. The summed E-state index contributed by atoms with van der Waals surface area (Å²) in [6.07, 6.45) is 0.823. The van der Waals surface area contributed by atoms with Crippen LogP contribution in [0.25, 0.3) is 11.1 Å². The number of ether oxygens (including phenoxy) is 2. The van der Waals surface area contributed by atoms with Crippen LogP contribution in [0.1, 0.15) is 31.1 Å². The van der Waals surface area contributed by atoms with Crippen LogP contribution in [0.3, 0.4) is 0 Å². The number of benzene rings is 2. The van der Waals surface area contributed by atoms with E-state index < -0.39 is 11.6 Å². The maximum Gasteiger partial charge on any atom is 0.344 e. The standard InChI is InChI=1S/C19H20O4/c1-19(2,3)23-18(21)13-22-16-9-6-8-14(11-16)17-10-5-4-7-15(17)12-20/h4-12H,13H2,1-3H3. The lowest BCUT2D eigenvalue weighted by Crippen LogP contribution is -2.27. The summed E-state index contributed by atoms with van der Waals surface area (Å²) in [5, 5.41) is 0. The van der Waals surface area contributed by atoms with Crippen LogP contribution in [0, 0.1) is 0 Å². The monoisotopic (exact) mass is 312 g/mol. The van der Waals surface area contributed by atoms with E-state index in [-0.39, 0.29) is 6.61 Å². The lowest BCUT2D eigenvalue weighted by atomic mass is 10.0. The van der Waals surface area contributed by atoms with Gasteiger partial charge >= 0.3 is 5.97 Å². The lowest BCUT2D eigenvalue weighted by Gasteiger charge is -2.19. The van der Waals surface area contributed by atoms with Gasteiger partial charge in [0.15, 0.2) is 12.9 Å². The van der Waals surface area contributed by atoms with Gasteiger partial charge in [-0.3, -0.25) is 4.79 Å². The van der Waals surface area contributed by atoms with E-state index >= 15 is 0 Å². The van der Waals surface area contributed by atoms with Crippen LogP contribution < -0.4 is 4.74 Å². The van der Waals surface area contributed by atoms with Crippen molar-refractivity contribution in [1.82, 2.24) is 0 Å². The Hall–Kier alpha value is -2.62. The molecule has 0 N–H and O–H groups in total. The molecule has 0 spiro atoms. The quantitative estimate of drug-likeness (QED) is 0.621. The first-order valence-electron chi connectivity index (χ1n) is 7.38. The van der Waals surface area contributed by atoms with Gasteiger partial charge in [-0.1, -0.05) is 36.4 Å². The van der Waals surface area contributed by atoms with Gasteiger partial charge in [0.1, 0.15) is 11.4 Å². The highest BCUT2D eigenvalue weighted by molar-refractivity contribution is 5.87. The van der Waals surface area contributed by atoms with E-state index in [1.807, 2.05) is 51.1 Å². The van der Waals surface area contributed by atoms with E-state index in [1.165, 1.54) is 0 Å². The molecule has 0 atom stereocenters. The SMILES string of the molecule is CC(C)(C)OC(=O)COc1cccc(-c2ccccc2C=O)c1. The Morgan fingerprint density at radius 2 is 1.83 bits per heavy atom. The van der Waals surface area contributed by atoms with Crippen molar-refractivity contribution in [3.8, 4) is 16.9 Å². The number of carbonyl (C=O) groups is 2. The van der Waals surface area contributed by atoms with Crippen molar-refractivity contribution in [3.63, 3.8) is 0 Å². The summed E-state index contributed by atoms with van der Waals surface area (Å²) in [6.45, 7) is 5.27. The third kappa shape index (κ3) is 4.95. The van der Waals surface area contributed by atoms with Crippen LogP contribution in [-0.4, -0.2) is 24.5 Å². The number of hydrogen-bond donors (Lipinski definition) is 0. The van der Waals surface area contributed by atoms with Crippen molar-refractivity contribution in [2.24, 2.45) is 0 Å². The molecule has 4 nitrogen and oxygen atoms in total. The van der Waals surface area contributed by atoms with Gasteiger partial charge in [-0.25, -0.2) is 4.79 Å². The van der Waals surface area contributed by atoms with Crippen molar-refractivity contribution in [2.45, 2.75) is 26.4 Å². The van der Waals surface area contributed by atoms with E-state index in [9.17, 15) is 9.59 Å². The first-order chi connectivity index (χ1) is 10.9. The minimum atomic E-state index is -0.537. The van der Waals surface area contributed by atoms with Gasteiger partial charge in [0.2, 0.25) is 0 Å². The number of rotatable bonds is 5. The van der Waals surface area contributed by atoms with Gasteiger partial charge in [0, 0.05) is 5.56 Å². The second-order valence-corrected chi connectivity index (χ2v) is 6.11. The van der Waals surface area contributed by atoms with Crippen LogP contribution >= 0.6 is 0 Å². The molecular formula is C19H20O4. The first-order valence-corrected chi connectivity index (χ1v) is 7.38. The molecule has 0 fully saturated rings. The molecule has 0 saturated heterocycles. The summed E-state index contributed by atoms with van der Waals surface area (Å²) >= 11 is 0. The van der Waals surface area contributed by atoms with Crippen molar-refractivity contribution in [3.05, 3.63) is 54.1 Å². The maximum absolute atomic E-state index is 11.7. The van der Waals surface area contributed by atoms with Gasteiger partial charge in [0.25, 0.3) is 0 Å². The fourth-order valence-electron chi connectivity index (χ4n) is 2.13. The van der Waals surface area contributed by atoms with Gasteiger partial charge in [-0.2, -0.15) is 0 Å². The maximum atomic E-state index is 11.7. The highest BCUT2D eigenvalue weighted by atomic mass is 16.6. The van der Waals surface area contributed by atoms with E-state index in [2.05, 4.69) is 0 Å². The van der Waals surface area contributed by atoms with Crippen molar-refractivity contribution in [2.75, 3.05) is 6.61 Å². The molecule has 4 heteroatoms. The largest absolute Gasteiger partial charge is 0.482 e. The molecule has 0 unspecified atom stereocenters. The summed E-state index contributed by atoms with van der Waals surface area (Å²) in [4.78, 5) is 22.8. The fraction of sp³-hybridized carbons (Fsp3) is 0.263. The minimum absolute atomic E-state index is 0.157. The summed E-state index contributed by atoms with van der Waals surface area (Å²) in [5.41, 5.74) is 1.75. The van der Waals surface area contributed by atoms with Crippen molar-refractivity contribution >= 4 is 12.3 Å². The van der Waals surface area contributed by atoms with E-state index in [4.69, 9.17) is 9.47 Å². The normalized spacial score (nSPS) is 10.9. The predicted octanol–water partition coefficient (Wildman–Crippen LogP) is 3.89. The zero-order valence-electron chi connectivity index (χ0n) is 13.5. The Morgan fingerprint density at radius 3 is 2.52 bits per heavy atom. The molecule has 0 radical (unpaired) electrons. The van der Waals surface area contributed by atoms with Crippen molar-refractivity contribution in [1.29, 1.82) is 0 Å².